The molecule has 1 fully saturated rings. The van der Waals surface area contributed by atoms with Crippen molar-refractivity contribution in [1.29, 1.82) is 0 Å². The quantitative estimate of drug-likeness (QED) is 0.421. The zero-order valence-electron chi connectivity index (χ0n) is 21.1. The molecule has 2 aromatic heterocycles. The molecule has 4 aromatic rings. The summed E-state index contributed by atoms with van der Waals surface area (Å²) in [5.74, 6) is 0.739. The minimum Gasteiger partial charge on any atom is -0.340 e. The predicted octanol–water partition coefficient (Wildman–Crippen LogP) is 2.63. The van der Waals surface area contributed by atoms with Gasteiger partial charge >= 0.3 is 5.69 Å². The molecule has 3 heterocycles. The van der Waals surface area contributed by atoms with Gasteiger partial charge in [0.2, 0.25) is 5.95 Å². The summed E-state index contributed by atoms with van der Waals surface area (Å²) in [6, 6.07) is 18.6. The van der Waals surface area contributed by atoms with Gasteiger partial charge in [-0.15, -0.1) is 0 Å². The molecule has 2 aromatic carbocycles. The van der Waals surface area contributed by atoms with Crippen molar-refractivity contribution in [1.82, 2.24) is 23.6 Å². The maximum absolute atomic E-state index is 13.2. The molecule has 1 aliphatic heterocycles. The number of benzene rings is 2. The van der Waals surface area contributed by atoms with Crippen LogP contribution in [-0.2, 0) is 20.6 Å². The molecule has 5 rings (SSSR count). The number of hydrogen-bond acceptors (Lipinski definition) is 5. The fourth-order valence-corrected chi connectivity index (χ4v) is 4.73. The maximum atomic E-state index is 13.2. The Bertz CT molecular complexity index is 1500. The van der Waals surface area contributed by atoms with Gasteiger partial charge in [-0.3, -0.25) is 23.4 Å². The second kappa shape index (κ2) is 9.99. The zero-order chi connectivity index (χ0) is 25.2. The largest absolute Gasteiger partial charge is 0.340 e. The zero-order valence-corrected chi connectivity index (χ0v) is 21.1. The summed E-state index contributed by atoms with van der Waals surface area (Å²) in [4.78, 5) is 35.3. The number of aromatic nitrogens is 4. The summed E-state index contributed by atoms with van der Waals surface area (Å²) in [6.45, 7) is 6.84. The smallest absolute Gasteiger partial charge is 0.332 e. The Morgan fingerprint density at radius 3 is 2.28 bits per heavy atom. The SMILES string of the molecule is Cc1ccc(Cn2c(N3CCN(C/C=C/c4ccccc4)CC3)nc3c2c(=O)n(C)c(=O)n3C)cc1. The van der Waals surface area contributed by atoms with Crippen molar-refractivity contribution < 1.29 is 0 Å². The third-order valence-electron chi connectivity index (χ3n) is 6.92. The third-order valence-corrected chi connectivity index (χ3v) is 6.92. The first kappa shape index (κ1) is 23.8. The maximum Gasteiger partial charge on any atom is 0.332 e. The van der Waals surface area contributed by atoms with Gasteiger partial charge in [-0.25, -0.2) is 4.79 Å². The summed E-state index contributed by atoms with van der Waals surface area (Å²) in [5.41, 5.74) is 3.68. The van der Waals surface area contributed by atoms with Gasteiger partial charge in [-0.2, -0.15) is 4.98 Å². The highest BCUT2D eigenvalue weighted by molar-refractivity contribution is 5.75. The van der Waals surface area contributed by atoms with Crippen molar-refractivity contribution in [2.24, 2.45) is 14.1 Å². The van der Waals surface area contributed by atoms with Crippen LogP contribution < -0.4 is 16.1 Å². The number of aryl methyl sites for hydroxylation is 2. The summed E-state index contributed by atoms with van der Waals surface area (Å²) in [7, 11) is 3.20. The molecule has 0 unspecified atom stereocenters. The van der Waals surface area contributed by atoms with Crippen molar-refractivity contribution in [3.63, 3.8) is 0 Å². The number of fused-ring (bicyclic) bond motifs is 1. The van der Waals surface area contributed by atoms with Crippen LogP contribution in [0.15, 0.2) is 70.3 Å². The van der Waals surface area contributed by atoms with E-state index in [1.54, 1.807) is 7.05 Å². The van der Waals surface area contributed by atoms with E-state index in [4.69, 9.17) is 4.98 Å². The highest BCUT2D eigenvalue weighted by Crippen LogP contribution is 2.23. The third kappa shape index (κ3) is 4.64. The van der Waals surface area contributed by atoms with Crippen molar-refractivity contribution in [3.05, 3.63) is 98.2 Å². The highest BCUT2D eigenvalue weighted by Gasteiger charge is 2.25. The van der Waals surface area contributed by atoms with E-state index in [1.807, 2.05) is 22.8 Å². The lowest BCUT2D eigenvalue weighted by molar-refractivity contribution is 0.282. The Kier molecular flexibility index (Phi) is 6.61. The Labute approximate surface area is 210 Å². The van der Waals surface area contributed by atoms with Crippen molar-refractivity contribution in [2.75, 3.05) is 37.6 Å². The second-order valence-corrected chi connectivity index (χ2v) is 9.46. The van der Waals surface area contributed by atoms with Gasteiger partial charge in [-0.1, -0.05) is 72.3 Å². The number of imidazole rings is 1. The van der Waals surface area contributed by atoms with Gasteiger partial charge in [0, 0.05) is 46.8 Å². The first-order valence-electron chi connectivity index (χ1n) is 12.3. The fraction of sp³-hybridized carbons (Fsp3) is 0.321. The Morgan fingerprint density at radius 1 is 0.889 bits per heavy atom. The molecule has 8 heteroatoms. The fourth-order valence-electron chi connectivity index (χ4n) is 4.73. The van der Waals surface area contributed by atoms with E-state index in [0.717, 1.165) is 48.8 Å². The number of nitrogens with zero attached hydrogens (tertiary/aromatic N) is 6. The summed E-state index contributed by atoms with van der Waals surface area (Å²) >= 11 is 0. The summed E-state index contributed by atoms with van der Waals surface area (Å²) < 4.78 is 4.61. The van der Waals surface area contributed by atoms with E-state index in [-0.39, 0.29) is 11.2 Å². The van der Waals surface area contributed by atoms with Crippen LogP contribution in [0.2, 0.25) is 0 Å². The predicted molar refractivity (Wildman–Crippen MR) is 145 cm³/mol. The van der Waals surface area contributed by atoms with Crippen LogP contribution in [0.25, 0.3) is 17.2 Å². The molecule has 0 radical (unpaired) electrons. The van der Waals surface area contributed by atoms with Gasteiger partial charge in [-0.05, 0) is 18.1 Å². The minimum atomic E-state index is -0.367. The molecule has 0 amide bonds. The highest BCUT2D eigenvalue weighted by atomic mass is 16.2. The Morgan fingerprint density at radius 2 is 1.58 bits per heavy atom. The molecule has 36 heavy (non-hydrogen) atoms. The molecule has 0 N–H and O–H groups in total. The lowest BCUT2D eigenvalue weighted by Gasteiger charge is -2.35. The number of anilines is 1. The Balaban J connectivity index is 1.42. The average molecular weight is 485 g/mol. The standard InChI is InChI=1S/C28H32N6O2/c1-21-11-13-23(14-12-21)20-34-24-25(30(2)28(36)31(3)26(24)35)29-27(34)33-18-16-32(17-19-33)15-7-10-22-8-5-4-6-9-22/h4-14H,15-20H2,1-3H3/b10-7+. The van der Waals surface area contributed by atoms with Gasteiger partial charge in [0.25, 0.3) is 5.56 Å². The minimum absolute atomic E-state index is 0.316. The molecule has 0 saturated carbocycles. The molecule has 8 nitrogen and oxygen atoms in total. The molecule has 1 aliphatic rings. The van der Waals surface area contributed by atoms with Crippen LogP contribution in [0, 0.1) is 6.92 Å². The molecule has 0 aliphatic carbocycles. The van der Waals surface area contributed by atoms with Crippen molar-refractivity contribution >= 4 is 23.2 Å². The molecule has 0 atom stereocenters. The Hall–Kier alpha value is -3.91. The van der Waals surface area contributed by atoms with Crippen LogP contribution in [0.5, 0.6) is 0 Å². The van der Waals surface area contributed by atoms with Gasteiger partial charge in [0.05, 0.1) is 6.54 Å². The molecular weight excluding hydrogens is 452 g/mol. The van der Waals surface area contributed by atoms with E-state index in [2.05, 4.69) is 65.3 Å². The molecular formula is C28H32N6O2. The number of rotatable bonds is 6. The number of hydrogen-bond donors (Lipinski definition) is 0. The normalized spacial score (nSPS) is 14.8. The first-order chi connectivity index (χ1) is 17.4. The molecule has 186 valence electrons. The number of piperazine rings is 1. The van der Waals surface area contributed by atoms with E-state index < -0.39 is 0 Å². The van der Waals surface area contributed by atoms with Gasteiger partial charge < -0.3 is 4.90 Å². The second-order valence-electron chi connectivity index (χ2n) is 9.46. The van der Waals surface area contributed by atoms with E-state index in [9.17, 15) is 9.59 Å². The molecule has 1 saturated heterocycles. The van der Waals surface area contributed by atoms with E-state index >= 15 is 0 Å². The van der Waals surface area contributed by atoms with Crippen LogP contribution in [0.1, 0.15) is 16.7 Å². The topological polar surface area (TPSA) is 68.3 Å². The van der Waals surface area contributed by atoms with Crippen molar-refractivity contribution in [3.8, 4) is 0 Å². The van der Waals surface area contributed by atoms with E-state index in [1.165, 1.54) is 22.7 Å². The molecule has 0 bridgehead atoms. The van der Waals surface area contributed by atoms with Crippen LogP contribution in [0.3, 0.4) is 0 Å². The average Bonchev–Trinajstić information content (AvgIpc) is 3.28. The van der Waals surface area contributed by atoms with Crippen LogP contribution in [-0.4, -0.2) is 56.3 Å². The van der Waals surface area contributed by atoms with Gasteiger partial charge in [0.15, 0.2) is 11.2 Å². The lowest BCUT2D eigenvalue weighted by Crippen LogP contribution is -2.47. The summed E-state index contributed by atoms with van der Waals surface area (Å²) in [5, 5.41) is 0. The molecule has 0 spiro atoms. The lowest BCUT2D eigenvalue weighted by atomic mass is 10.1. The summed E-state index contributed by atoms with van der Waals surface area (Å²) in [6.07, 6.45) is 4.36. The van der Waals surface area contributed by atoms with Crippen molar-refractivity contribution in [2.45, 2.75) is 13.5 Å². The van der Waals surface area contributed by atoms with E-state index in [0.29, 0.717) is 17.7 Å². The van der Waals surface area contributed by atoms with Crippen LogP contribution in [0.4, 0.5) is 5.95 Å². The van der Waals surface area contributed by atoms with Gasteiger partial charge in [0.1, 0.15) is 0 Å². The monoisotopic (exact) mass is 484 g/mol. The first-order valence-corrected chi connectivity index (χ1v) is 12.3. The van der Waals surface area contributed by atoms with Crippen LogP contribution >= 0.6 is 0 Å².